The third-order valence-corrected chi connectivity index (χ3v) is 3.63. The van der Waals surface area contributed by atoms with Crippen molar-refractivity contribution in [3.63, 3.8) is 0 Å². The zero-order chi connectivity index (χ0) is 15.6. The number of benzene rings is 1. The fourth-order valence-electron chi connectivity index (χ4n) is 2.30. The van der Waals surface area contributed by atoms with Crippen LogP contribution in [-0.4, -0.2) is 61.5 Å². The molecule has 1 saturated heterocycles. The molecule has 0 aromatic heterocycles. The average Bonchev–Trinajstić information content (AvgIpc) is 2.46. The molecule has 1 heterocycles. The van der Waals surface area contributed by atoms with Gasteiger partial charge in [-0.15, -0.1) is 0 Å². The third-order valence-electron chi connectivity index (χ3n) is 3.63. The van der Waals surface area contributed by atoms with E-state index in [1.165, 1.54) is 19.1 Å². The van der Waals surface area contributed by atoms with Crippen LogP contribution in [0.3, 0.4) is 0 Å². The van der Waals surface area contributed by atoms with Crippen LogP contribution in [0.25, 0.3) is 0 Å². The van der Waals surface area contributed by atoms with Crippen molar-refractivity contribution in [2.45, 2.75) is 18.2 Å². The molecule has 1 amide bonds. The lowest BCUT2D eigenvalue weighted by Crippen LogP contribution is -2.56. The Hall–Kier alpha value is -1.57. The van der Waals surface area contributed by atoms with Gasteiger partial charge in [0.1, 0.15) is 23.8 Å². The first-order valence-electron chi connectivity index (χ1n) is 6.46. The maximum atomic E-state index is 13.7. The monoisotopic (exact) mass is 301 g/mol. The highest BCUT2D eigenvalue weighted by Gasteiger charge is 2.37. The Kier molecular flexibility index (Phi) is 4.87. The summed E-state index contributed by atoms with van der Waals surface area (Å²) in [6, 6.07) is 2.07. The summed E-state index contributed by atoms with van der Waals surface area (Å²) in [4.78, 5) is 13.5. The first kappa shape index (κ1) is 15.8. The summed E-state index contributed by atoms with van der Waals surface area (Å²) in [5.41, 5.74) is -0.259. The highest BCUT2D eigenvalue weighted by molar-refractivity contribution is 5.94. The molecule has 3 atom stereocenters. The average molecular weight is 301 g/mol. The largest absolute Gasteiger partial charge is 0.388 e. The second-order valence-corrected chi connectivity index (χ2v) is 4.91. The maximum Gasteiger partial charge on any atom is 0.256 e. The van der Waals surface area contributed by atoms with Gasteiger partial charge < -0.3 is 19.5 Å². The third kappa shape index (κ3) is 3.20. The minimum Gasteiger partial charge on any atom is -0.388 e. The second kappa shape index (κ2) is 6.46. The summed E-state index contributed by atoms with van der Waals surface area (Å²) in [5.74, 6) is -2.36. The van der Waals surface area contributed by atoms with Gasteiger partial charge in [-0.05, 0) is 12.1 Å². The molecule has 1 aromatic rings. The van der Waals surface area contributed by atoms with Crippen LogP contribution in [-0.2, 0) is 9.47 Å². The normalized spacial score (nSPS) is 25.7. The molecule has 0 radical (unpaired) electrons. The van der Waals surface area contributed by atoms with E-state index in [1.54, 1.807) is 0 Å². The van der Waals surface area contributed by atoms with Crippen LogP contribution < -0.4 is 0 Å². The van der Waals surface area contributed by atoms with Crippen LogP contribution in [0.15, 0.2) is 18.2 Å². The van der Waals surface area contributed by atoms with Crippen molar-refractivity contribution in [3.05, 3.63) is 35.4 Å². The van der Waals surface area contributed by atoms with E-state index in [4.69, 9.17) is 9.47 Å². The summed E-state index contributed by atoms with van der Waals surface area (Å²) in [6.07, 6.45) is -1.50. The van der Waals surface area contributed by atoms with Crippen molar-refractivity contribution in [3.8, 4) is 0 Å². The van der Waals surface area contributed by atoms with Crippen LogP contribution >= 0.6 is 0 Å². The van der Waals surface area contributed by atoms with Gasteiger partial charge in [-0.3, -0.25) is 4.79 Å². The maximum absolute atomic E-state index is 13.7. The zero-order valence-electron chi connectivity index (χ0n) is 11.8. The molecule has 0 saturated carbocycles. The second-order valence-electron chi connectivity index (χ2n) is 4.91. The first-order valence-corrected chi connectivity index (χ1v) is 6.46. The molecule has 0 aliphatic carbocycles. The first-order chi connectivity index (χ1) is 9.95. The molecule has 5 nitrogen and oxygen atoms in total. The molecule has 0 unspecified atom stereocenters. The van der Waals surface area contributed by atoms with Crippen molar-refractivity contribution in [1.82, 2.24) is 4.90 Å². The Labute approximate surface area is 121 Å². The lowest BCUT2D eigenvalue weighted by Gasteiger charge is -2.38. The molecule has 0 bridgehead atoms. The highest BCUT2D eigenvalue weighted by atomic mass is 19.1. The van der Waals surface area contributed by atoms with Crippen LogP contribution in [0, 0.1) is 11.6 Å². The Morgan fingerprint density at radius 2 is 2.14 bits per heavy atom. The van der Waals surface area contributed by atoms with E-state index < -0.39 is 35.8 Å². The summed E-state index contributed by atoms with van der Waals surface area (Å²) in [6.45, 7) is 0.340. The predicted molar refractivity (Wildman–Crippen MR) is 69.9 cm³/mol. The Morgan fingerprint density at radius 3 is 2.76 bits per heavy atom. The van der Waals surface area contributed by atoms with Crippen molar-refractivity contribution in [2.75, 3.05) is 27.4 Å². The molecule has 1 aliphatic rings. The van der Waals surface area contributed by atoms with Crippen molar-refractivity contribution < 1.29 is 28.2 Å². The van der Waals surface area contributed by atoms with E-state index in [0.717, 1.165) is 12.1 Å². The molecular formula is C14H17F2NO4. The SMILES string of the molecule is CO[C@@H]1COC[C@@H](N(C)C(=O)c2ccc(F)cc2F)[C@@H]1O. The number of methoxy groups -OCH3 is 1. The van der Waals surface area contributed by atoms with E-state index in [2.05, 4.69) is 0 Å². The Bertz CT molecular complexity index is 526. The van der Waals surface area contributed by atoms with Gasteiger partial charge in [0.15, 0.2) is 0 Å². The number of aliphatic hydroxyl groups is 1. The van der Waals surface area contributed by atoms with E-state index >= 15 is 0 Å². The quantitative estimate of drug-likeness (QED) is 0.897. The fourth-order valence-corrected chi connectivity index (χ4v) is 2.30. The molecule has 1 aromatic carbocycles. The van der Waals surface area contributed by atoms with E-state index in [9.17, 15) is 18.7 Å². The van der Waals surface area contributed by atoms with Crippen LogP contribution in [0.4, 0.5) is 8.78 Å². The van der Waals surface area contributed by atoms with Gasteiger partial charge in [0.25, 0.3) is 5.91 Å². The standard InChI is InChI=1S/C14H17F2NO4/c1-17(11-6-21-7-12(20-2)13(11)18)14(19)9-4-3-8(15)5-10(9)16/h3-5,11-13,18H,6-7H2,1-2H3/t11-,12-,13+/m1/s1. The summed E-state index contributed by atoms with van der Waals surface area (Å²) in [7, 11) is 2.86. The van der Waals surface area contributed by atoms with Crippen molar-refractivity contribution >= 4 is 5.91 Å². The minimum absolute atomic E-state index is 0.117. The topological polar surface area (TPSA) is 59.0 Å². The lowest BCUT2D eigenvalue weighted by atomic mass is 10.0. The van der Waals surface area contributed by atoms with Crippen LogP contribution in [0.2, 0.25) is 0 Å². The molecule has 21 heavy (non-hydrogen) atoms. The molecule has 1 N–H and O–H groups in total. The molecular weight excluding hydrogens is 284 g/mol. The number of likely N-dealkylation sites (N-methyl/N-ethyl adjacent to an activating group) is 1. The van der Waals surface area contributed by atoms with Gasteiger partial charge in [-0.25, -0.2) is 8.78 Å². The minimum atomic E-state index is -0.943. The van der Waals surface area contributed by atoms with Gasteiger partial charge in [-0.2, -0.15) is 0 Å². The number of halogens is 2. The van der Waals surface area contributed by atoms with Crippen molar-refractivity contribution in [1.29, 1.82) is 0 Å². The van der Waals surface area contributed by atoms with Gasteiger partial charge in [0.05, 0.1) is 24.8 Å². The van der Waals surface area contributed by atoms with Gasteiger partial charge >= 0.3 is 0 Å². The molecule has 116 valence electrons. The van der Waals surface area contributed by atoms with Gasteiger partial charge in [-0.1, -0.05) is 0 Å². The fraction of sp³-hybridized carbons (Fsp3) is 0.500. The summed E-state index contributed by atoms with van der Waals surface area (Å²) < 4.78 is 36.9. The predicted octanol–water partition coefficient (Wildman–Crippen LogP) is 0.812. The number of nitrogens with zero attached hydrogens (tertiary/aromatic N) is 1. The summed E-state index contributed by atoms with van der Waals surface area (Å²) in [5, 5.41) is 10.2. The van der Waals surface area contributed by atoms with Crippen molar-refractivity contribution in [2.24, 2.45) is 0 Å². The van der Waals surface area contributed by atoms with E-state index in [0.29, 0.717) is 6.07 Å². The smallest absolute Gasteiger partial charge is 0.256 e. The highest BCUT2D eigenvalue weighted by Crippen LogP contribution is 2.19. The number of carbonyl (C=O) groups excluding carboxylic acids is 1. The molecule has 7 heteroatoms. The number of hydrogen-bond donors (Lipinski definition) is 1. The number of rotatable bonds is 3. The molecule has 2 rings (SSSR count). The Balaban J connectivity index is 2.18. The van der Waals surface area contributed by atoms with E-state index in [-0.39, 0.29) is 18.8 Å². The molecule has 0 spiro atoms. The van der Waals surface area contributed by atoms with Gasteiger partial charge in [0.2, 0.25) is 0 Å². The zero-order valence-corrected chi connectivity index (χ0v) is 11.8. The number of hydrogen-bond acceptors (Lipinski definition) is 4. The number of aliphatic hydroxyl groups excluding tert-OH is 1. The molecule has 1 fully saturated rings. The van der Waals surface area contributed by atoms with E-state index in [1.807, 2.05) is 0 Å². The molecule has 1 aliphatic heterocycles. The number of carbonyl (C=O) groups is 1. The number of ether oxygens (including phenoxy) is 2. The van der Waals surface area contributed by atoms with Crippen LogP contribution in [0.5, 0.6) is 0 Å². The lowest BCUT2D eigenvalue weighted by molar-refractivity contribution is -0.135. The van der Waals surface area contributed by atoms with Crippen LogP contribution in [0.1, 0.15) is 10.4 Å². The van der Waals surface area contributed by atoms with Gasteiger partial charge in [0, 0.05) is 20.2 Å². The Morgan fingerprint density at radius 1 is 1.43 bits per heavy atom. The summed E-state index contributed by atoms with van der Waals surface area (Å²) >= 11 is 0. The number of amides is 1.